The third-order valence-corrected chi connectivity index (χ3v) is 3.41. The molecule has 1 heterocycles. The average molecular weight is 253 g/mol. The van der Waals surface area contributed by atoms with Crippen molar-refractivity contribution in [1.29, 1.82) is 0 Å². The van der Waals surface area contributed by atoms with Crippen molar-refractivity contribution in [2.75, 3.05) is 7.11 Å². The summed E-state index contributed by atoms with van der Waals surface area (Å²) in [6.07, 6.45) is 4.56. The molecule has 3 N–H and O–H groups in total. The number of aromatic amines is 1. The topological polar surface area (TPSA) is 51.0 Å². The molecule has 1 atom stereocenters. The number of aromatic nitrogens is 1. The summed E-state index contributed by atoms with van der Waals surface area (Å²) in [5, 5.41) is 1.19. The third-order valence-electron chi connectivity index (χ3n) is 3.41. The van der Waals surface area contributed by atoms with Crippen LogP contribution in [-0.4, -0.2) is 12.1 Å². The number of hydrogen-bond acceptors (Lipinski definition) is 2. The number of nitrogens with one attached hydrogen (secondary N) is 1. The van der Waals surface area contributed by atoms with E-state index in [0.29, 0.717) is 5.92 Å². The SMILES string of the molecule is COc1ccc2[nH]cc([C@@H](N)C3CC3)c2c1.Cl. The first-order chi connectivity index (χ1) is 7.79. The number of nitrogens with two attached hydrogens (primary N) is 1. The highest BCUT2D eigenvalue weighted by Crippen LogP contribution is 2.41. The summed E-state index contributed by atoms with van der Waals surface area (Å²) in [7, 11) is 1.69. The number of rotatable bonds is 3. The van der Waals surface area contributed by atoms with Gasteiger partial charge in [0.15, 0.2) is 0 Å². The second-order valence-corrected chi connectivity index (χ2v) is 4.52. The van der Waals surface area contributed by atoms with Gasteiger partial charge in [-0.1, -0.05) is 0 Å². The molecule has 1 fully saturated rings. The van der Waals surface area contributed by atoms with Gasteiger partial charge in [0.2, 0.25) is 0 Å². The molecule has 1 aromatic carbocycles. The smallest absolute Gasteiger partial charge is 0.119 e. The molecule has 1 aromatic heterocycles. The van der Waals surface area contributed by atoms with E-state index in [1.54, 1.807) is 7.11 Å². The van der Waals surface area contributed by atoms with Crippen molar-refractivity contribution in [3.05, 3.63) is 30.0 Å². The molecule has 3 rings (SSSR count). The minimum absolute atomic E-state index is 0. The molecule has 1 saturated carbocycles. The summed E-state index contributed by atoms with van der Waals surface area (Å²) in [6.45, 7) is 0. The highest BCUT2D eigenvalue weighted by molar-refractivity contribution is 5.85. The fraction of sp³-hybridized carbons (Fsp3) is 0.385. The van der Waals surface area contributed by atoms with Gasteiger partial charge in [-0.15, -0.1) is 12.4 Å². The molecule has 3 nitrogen and oxygen atoms in total. The van der Waals surface area contributed by atoms with E-state index in [0.717, 1.165) is 11.3 Å². The first-order valence-electron chi connectivity index (χ1n) is 5.70. The molecule has 17 heavy (non-hydrogen) atoms. The number of benzene rings is 1. The van der Waals surface area contributed by atoms with E-state index >= 15 is 0 Å². The Balaban J connectivity index is 0.00000108. The minimum atomic E-state index is 0. The molecular weight excluding hydrogens is 236 g/mol. The van der Waals surface area contributed by atoms with Crippen molar-refractivity contribution in [3.63, 3.8) is 0 Å². The van der Waals surface area contributed by atoms with Gasteiger partial charge in [-0.2, -0.15) is 0 Å². The summed E-state index contributed by atoms with van der Waals surface area (Å²) in [5.74, 6) is 1.56. The molecule has 0 bridgehead atoms. The molecule has 2 aromatic rings. The van der Waals surface area contributed by atoms with Gasteiger partial charge < -0.3 is 15.5 Å². The first-order valence-corrected chi connectivity index (χ1v) is 5.70. The molecule has 0 aliphatic heterocycles. The Kier molecular flexibility index (Phi) is 3.31. The van der Waals surface area contributed by atoms with E-state index in [1.165, 1.54) is 23.8 Å². The van der Waals surface area contributed by atoms with Crippen molar-refractivity contribution in [2.24, 2.45) is 11.7 Å². The van der Waals surface area contributed by atoms with Gasteiger partial charge >= 0.3 is 0 Å². The van der Waals surface area contributed by atoms with Gasteiger partial charge in [0.1, 0.15) is 5.75 Å². The van der Waals surface area contributed by atoms with Crippen LogP contribution >= 0.6 is 12.4 Å². The highest BCUT2D eigenvalue weighted by atomic mass is 35.5. The number of fused-ring (bicyclic) bond motifs is 1. The number of methoxy groups -OCH3 is 1. The molecule has 1 aliphatic rings. The molecule has 1 aliphatic carbocycles. The number of hydrogen-bond donors (Lipinski definition) is 2. The van der Waals surface area contributed by atoms with Gasteiger partial charge in [-0.05, 0) is 42.5 Å². The molecule has 92 valence electrons. The largest absolute Gasteiger partial charge is 0.497 e. The van der Waals surface area contributed by atoms with Crippen LogP contribution in [-0.2, 0) is 0 Å². The van der Waals surface area contributed by atoms with Crippen LogP contribution in [0.15, 0.2) is 24.4 Å². The second-order valence-electron chi connectivity index (χ2n) is 4.52. The maximum Gasteiger partial charge on any atom is 0.119 e. The maximum atomic E-state index is 6.24. The lowest BCUT2D eigenvalue weighted by molar-refractivity contribution is 0.415. The Morgan fingerprint density at radius 3 is 2.82 bits per heavy atom. The molecule has 0 spiro atoms. The van der Waals surface area contributed by atoms with Crippen molar-refractivity contribution in [3.8, 4) is 5.75 Å². The molecule has 0 radical (unpaired) electrons. The van der Waals surface area contributed by atoms with Gasteiger partial charge in [-0.3, -0.25) is 0 Å². The van der Waals surface area contributed by atoms with Gasteiger partial charge in [0.05, 0.1) is 7.11 Å². The fourth-order valence-electron chi connectivity index (χ4n) is 2.23. The van der Waals surface area contributed by atoms with Crippen molar-refractivity contribution >= 4 is 23.3 Å². The van der Waals surface area contributed by atoms with Crippen LogP contribution in [0.1, 0.15) is 24.4 Å². The predicted molar refractivity (Wildman–Crippen MR) is 71.8 cm³/mol. The van der Waals surface area contributed by atoms with Crippen molar-refractivity contribution in [1.82, 2.24) is 4.98 Å². The number of ether oxygens (including phenoxy) is 1. The molecular formula is C13H17ClN2O. The third kappa shape index (κ3) is 2.13. The second kappa shape index (κ2) is 4.59. The molecule has 4 heteroatoms. The zero-order valence-electron chi connectivity index (χ0n) is 9.77. The van der Waals surface area contributed by atoms with E-state index in [2.05, 4.69) is 11.1 Å². The molecule has 0 unspecified atom stereocenters. The Bertz CT molecular complexity index is 519. The highest BCUT2D eigenvalue weighted by Gasteiger charge is 2.30. The van der Waals surface area contributed by atoms with E-state index in [1.807, 2.05) is 18.3 Å². The lowest BCUT2D eigenvalue weighted by Crippen LogP contribution is -2.11. The van der Waals surface area contributed by atoms with E-state index in [4.69, 9.17) is 10.5 Å². The van der Waals surface area contributed by atoms with E-state index in [9.17, 15) is 0 Å². The molecule has 0 amide bonds. The average Bonchev–Trinajstić information content (AvgIpc) is 3.08. The van der Waals surface area contributed by atoms with Crippen LogP contribution in [0.4, 0.5) is 0 Å². The van der Waals surface area contributed by atoms with Crippen molar-refractivity contribution < 1.29 is 4.74 Å². The Morgan fingerprint density at radius 1 is 1.41 bits per heavy atom. The lowest BCUT2D eigenvalue weighted by Gasteiger charge is -2.09. The fourth-order valence-corrected chi connectivity index (χ4v) is 2.23. The van der Waals surface area contributed by atoms with E-state index in [-0.39, 0.29) is 18.4 Å². The van der Waals surface area contributed by atoms with Gasteiger partial charge in [0, 0.05) is 23.1 Å². The standard InChI is InChI=1S/C13H16N2O.ClH/c1-16-9-4-5-12-10(6-9)11(7-15-12)13(14)8-2-3-8;/h4-8,13,15H,2-3,14H2,1H3;1H/t13-;/m0./s1. The minimum Gasteiger partial charge on any atom is -0.497 e. The monoisotopic (exact) mass is 252 g/mol. The number of H-pyrrole nitrogens is 1. The summed E-state index contributed by atoms with van der Waals surface area (Å²) in [5.41, 5.74) is 8.59. The maximum absolute atomic E-state index is 6.24. The zero-order valence-corrected chi connectivity index (χ0v) is 10.6. The van der Waals surface area contributed by atoms with Gasteiger partial charge in [0.25, 0.3) is 0 Å². The lowest BCUT2D eigenvalue weighted by atomic mass is 10.0. The van der Waals surface area contributed by atoms with Crippen LogP contribution < -0.4 is 10.5 Å². The van der Waals surface area contributed by atoms with Crippen LogP contribution in [0.5, 0.6) is 5.75 Å². The Morgan fingerprint density at radius 2 is 2.18 bits per heavy atom. The normalized spacial score (nSPS) is 16.6. The quantitative estimate of drug-likeness (QED) is 0.882. The Labute approximate surface area is 107 Å². The van der Waals surface area contributed by atoms with Crippen LogP contribution in [0, 0.1) is 5.92 Å². The van der Waals surface area contributed by atoms with Gasteiger partial charge in [-0.25, -0.2) is 0 Å². The Hall–Kier alpha value is -1.19. The summed E-state index contributed by atoms with van der Waals surface area (Å²) in [4.78, 5) is 3.27. The predicted octanol–water partition coefficient (Wildman–Crippen LogP) is 3.01. The zero-order chi connectivity index (χ0) is 11.1. The van der Waals surface area contributed by atoms with Crippen molar-refractivity contribution in [2.45, 2.75) is 18.9 Å². The van der Waals surface area contributed by atoms with Crippen LogP contribution in [0.25, 0.3) is 10.9 Å². The van der Waals surface area contributed by atoms with E-state index < -0.39 is 0 Å². The summed E-state index contributed by atoms with van der Waals surface area (Å²) >= 11 is 0. The number of halogens is 1. The van der Waals surface area contributed by atoms with Crippen LogP contribution in [0.3, 0.4) is 0 Å². The molecule has 0 saturated heterocycles. The summed E-state index contributed by atoms with van der Waals surface area (Å²) in [6, 6.07) is 6.23. The first kappa shape index (κ1) is 12.3. The van der Waals surface area contributed by atoms with Crippen LogP contribution in [0.2, 0.25) is 0 Å². The summed E-state index contributed by atoms with van der Waals surface area (Å²) < 4.78 is 5.25.